The molecule has 26 heavy (non-hydrogen) atoms. The molecule has 1 amide bonds. The average molecular weight is 374 g/mol. The van der Waals surface area contributed by atoms with Crippen molar-refractivity contribution in [3.8, 4) is 16.3 Å². The first-order valence-electron chi connectivity index (χ1n) is 9.11. The Hall–Kier alpha value is -1.92. The van der Waals surface area contributed by atoms with Crippen LogP contribution in [0.1, 0.15) is 37.2 Å². The van der Waals surface area contributed by atoms with Crippen molar-refractivity contribution in [3.63, 3.8) is 0 Å². The maximum absolute atomic E-state index is 12.9. The van der Waals surface area contributed by atoms with Gasteiger partial charge in [0.1, 0.15) is 16.5 Å². The molecule has 1 fully saturated rings. The third-order valence-electron chi connectivity index (χ3n) is 5.16. The standard InChI is InChI=1S/C20H27N3O2S/c1-14(2)23-11-9-15(10-12-23)22(3)20(24)17-13-26-19(21-17)16-7-5-6-8-18(16)25-4/h5-8,13-15H,9-12H2,1-4H3. The highest BCUT2D eigenvalue weighted by Gasteiger charge is 2.28. The first kappa shape index (κ1) is 18.9. The average Bonchev–Trinajstić information content (AvgIpc) is 3.16. The van der Waals surface area contributed by atoms with Crippen molar-refractivity contribution in [2.24, 2.45) is 0 Å². The van der Waals surface area contributed by atoms with Gasteiger partial charge in [-0.1, -0.05) is 12.1 Å². The first-order valence-corrected chi connectivity index (χ1v) is 9.99. The minimum absolute atomic E-state index is 0.00500. The van der Waals surface area contributed by atoms with E-state index in [-0.39, 0.29) is 11.9 Å². The number of hydrogen-bond donors (Lipinski definition) is 0. The van der Waals surface area contributed by atoms with Crippen molar-refractivity contribution in [1.82, 2.24) is 14.8 Å². The second-order valence-electron chi connectivity index (χ2n) is 7.02. The molecule has 5 nitrogen and oxygen atoms in total. The van der Waals surface area contributed by atoms with Crippen molar-refractivity contribution in [2.45, 2.75) is 38.8 Å². The van der Waals surface area contributed by atoms with Crippen molar-refractivity contribution >= 4 is 17.2 Å². The molecule has 6 heteroatoms. The van der Waals surface area contributed by atoms with Crippen LogP contribution in [0.25, 0.3) is 10.6 Å². The highest BCUT2D eigenvalue weighted by atomic mass is 32.1. The monoisotopic (exact) mass is 373 g/mol. The molecule has 2 aromatic rings. The molecule has 3 rings (SSSR count). The highest BCUT2D eigenvalue weighted by molar-refractivity contribution is 7.13. The summed E-state index contributed by atoms with van der Waals surface area (Å²) in [5, 5.41) is 2.66. The maximum atomic E-state index is 12.9. The van der Waals surface area contributed by atoms with Crippen molar-refractivity contribution in [2.75, 3.05) is 27.2 Å². The van der Waals surface area contributed by atoms with Gasteiger partial charge in [-0.2, -0.15) is 0 Å². The molecular formula is C20H27N3O2S. The van der Waals surface area contributed by atoms with Crippen LogP contribution in [0.2, 0.25) is 0 Å². The lowest BCUT2D eigenvalue weighted by atomic mass is 10.0. The zero-order valence-corrected chi connectivity index (χ0v) is 16.8. The quantitative estimate of drug-likeness (QED) is 0.800. The summed E-state index contributed by atoms with van der Waals surface area (Å²) in [5.74, 6) is 0.778. The minimum atomic E-state index is 0.00500. The summed E-state index contributed by atoms with van der Waals surface area (Å²) < 4.78 is 5.41. The summed E-state index contributed by atoms with van der Waals surface area (Å²) >= 11 is 1.48. The Kier molecular flexibility index (Phi) is 5.94. The Morgan fingerprint density at radius 1 is 1.31 bits per heavy atom. The van der Waals surface area contributed by atoms with Gasteiger partial charge in [0.2, 0.25) is 0 Å². The zero-order chi connectivity index (χ0) is 18.7. The Morgan fingerprint density at radius 2 is 2.00 bits per heavy atom. The van der Waals surface area contributed by atoms with Crippen LogP contribution in [0, 0.1) is 0 Å². The zero-order valence-electron chi connectivity index (χ0n) is 15.9. The summed E-state index contributed by atoms with van der Waals surface area (Å²) in [7, 11) is 3.55. The molecule has 0 N–H and O–H groups in total. The van der Waals surface area contributed by atoms with Crippen LogP contribution >= 0.6 is 11.3 Å². The Morgan fingerprint density at radius 3 is 2.65 bits per heavy atom. The number of nitrogens with zero attached hydrogens (tertiary/aromatic N) is 3. The van der Waals surface area contributed by atoms with Gasteiger partial charge in [0.05, 0.1) is 12.7 Å². The summed E-state index contributed by atoms with van der Waals surface area (Å²) in [5.41, 5.74) is 1.44. The number of para-hydroxylation sites is 1. The van der Waals surface area contributed by atoms with E-state index in [0.717, 1.165) is 42.3 Å². The van der Waals surface area contributed by atoms with Crippen LogP contribution < -0.4 is 4.74 Å². The van der Waals surface area contributed by atoms with E-state index in [1.807, 2.05) is 41.6 Å². The fraction of sp³-hybridized carbons (Fsp3) is 0.500. The van der Waals surface area contributed by atoms with Gasteiger partial charge in [-0.25, -0.2) is 4.98 Å². The third-order valence-corrected chi connectivity index (χ3v) is 6.03. The van der Waals surface area contributed by atoms with Crippen molar-refractivity contribution in [3.05, 3.63) is 35.3 Å². The largest absolute Gasteiger partial charge is 0.496 e. The predicted octanol–water partition coefficient (Wildman–Crippen LogP) is 3.76. The minimum Gasteiger partial charge on any atom is -0.496 e. The van der Waals surface area contributed by atoms with Gasteiger partial charge in [0, 0.05) is 37.6 Å². The number of methoxy groups -OCH3 is 1. The molecule has 1 aliphatic heterocycles. The number of carbonyl (C=O) groups excluding carboxylic acids is 1. The van der Waals surface area contributed by atoms with Gasteiger partial charge < -0.3 is 14.5 Å². The van der Waals surface area contributed by atoms with Gasteiger partial charge in [0.15, 0.2) is 0 Å². The number of likely N-dealkylation sites (tertiary alicyclic amines) is 1. The number of ether oxygens (including phenoxy) is 1. The molecule has 0 bridgehead atoms. The Bertz CT molecular complexity index is 751. The van der Waals surface area contributed by atoms with Crippen LogP contribution in [0.15, 0.2) is 29.6 Å². The maximum Gasteiger partial charge on any atom is 0.273 e. The molecule has 0 spiro atoms. The van der Waals surface area contributed by atoms with Crippen LogP contribution in [-0.2, 0) is 0 Å². The molecular weight excluding hydrogens is 346 g/mol. The van der Waals surface area contributed by atoms with Gasteiger partial charge in [0.25, 0.3) is 5.91 Å². The number of hydrogen-bond acceptors (Lipinski definition) is 5. The van der Waals surface area contributed by atoms with E-state index in [1.54, 1.807) is 7.11 Å². The molecule has 1 aromatic heterocycles. The van der Waals surface area contributed by atoms with Crippen LogP contribution in [0.4, 0.5) is 0 Å². The number of amides is 1. The van der Waals surface area contributed by atoms with Gasteiger partial charge in [-0.15, -0.1) is 11.3 Å². The molecule has 1 aliphatic rings. The lowest BCUT2D eigenvalue weighted by Crippen LogP contribution is -2.47. The van der Waals surface area contributed by atoms with Gasteiger partial charge >= 0.3 is 0 Å². The summed E-state index contributed by atoms with van der Waals surface area (Å²) in [6.07, 6.45) is 2.04. The smallest absolute Gasteiger partial charge is 0.273 e. The van der Waals surface area contributed by atoms with Gasteiger partial charge in [-0.05, 0) is 38.8 Å². The van der Waals surface area contributed by atoms with Crippen LogP contribution in [-0.4, -0.2) is 60.0 Å². The summed E-state index contributed by atoms with van der Waals surface area (Å²) in [6, 6.07) is 8.62. The van der Waals surface area contributed by atoms with E-state index < -0.39 is 0 Å². The molecule has 0 saturated carbocycles. The van der Waals surface area contributed by atoms with E-state index in [1.165, 1.54) is 11.3 Å². The van der Waals surface area contributed by atoms with Crippen molar-refractivity contribution < 1.29 is 9.53 Å². The molecule has 140 valence electrons. The normalized spacial score (nSPS) is 16.0. The number of rotatable bonds is 5. The second kappa shape index (κ2) is 8.18. The number of thiazole rings is 1. The lowest BCUT2D eigenvalue weighted by molar-refractivity contribution is 0.0610. The molecule has 1 aromatic carbocycles. The van der Waals surface area contributed by atoms with E-state index in [2.05, 4.69) is 23.7 Å². The van der Waals surface area contributed by atoms with E-state index in [4.69, 9.17) is 4.74 Å². The number of benzene rings is 1. The molecule has 0 aliphatic carbocycles. The first-order chi connectivity index (χ1) is 12.5. The fourth-order valence-electron chi connectivity index (χ4n) is 3.45. The SMILES string of the molecule is COc1ccccc1-c1nc(C(=O)N(C)C2CCN(C(C)C)CC2)cs1. The van der Waals surface area contributed by atoms with E-state index in [9.17, 15) is 4.79 Å². The Labute approximate surface area is 159 Å². The van der Waals surface area contributed by atoms with Crippen LogP contribution in [0.3, 0.4) is 0 Å². The van der Waals surface area contributed by atoms with E-state index in [0.29, 0.717) is 11.7 Å². The Balaban J connectivity index is 1.70. The number of aromatic nitrogens is 1. The van der Waals surface area contributed by atoms with Crippen molar-refractivity contribution in [1.29, 1.82) is 0 Å². The second-order valence-corrected chi connectivity index (χ2v) is 7.87. The number of carbonyl (C=O) groups is 1. The third kappa shape index (κ3) is 3.91. The molecule has 0 atom stereocenters. The fourth-order valence-corrected chi connectivity index (χ4v) is 4.28. The predicted molar refractivity (Wildman–Crippen MR) is 106 cm³/mol. The topological polar surface area (TPSA) is 45.7 Å². The molecule has 1 saturated heterocycles. The molecule has 0 unspecified atom stereocenters. The van der Waals surface area contributed by atoms with Gasteiger partial charge in [-0.3, -0.25) is 4.79 Å². The summed E-state index contributed by atoms with van der Waals surface area (Å²) in [6.45, 7) is 6.54. The number of piperidine rings is 1. The molecule has 2 heterocycles. The molecule has 0 radical (unpaired) electrons. The van der Waals surface area contributed by atoms with Crippen LogP contribution in [0.5, 0.6) is 5.75 Å². The summed E-state index contributed by atoms with van der Waals surface area (Å²) in [4.78, 5) is 21.8. The highest BCUT2D eigenvalue weighted by Crippen LogP contribution is 2.32. The lowest BCUT2D eigenvalue weighted by Gasteiger charge is -2.38. The van der Waals surface area contributed by atoms with E-state index >= 15 is 0 Å².